The fourth-order valence-corrected chi connectivity index (χ4v) is 3.70. The Hall–Kier alpha value is -3.40. The van der Waals surface area contributed by atoms with Crippen molar-refractivity contribution in [3.05, 3.63) is 102 Å². The number of hydrogen-bond acceptors (Lipinski definition) is 2. The largest absolute Gasteiger partial charge is 0.349 e. The molecule has 4 rings (SSSR count). The molecule has 29 heavy (non-hydrogen) atoms. The zero-order valence-corrected chi connectivity index (χ0v) is 16.6. The fraction of sp³-hybridized carbons (Fsp3) is 0.200. The second-order valence-electron chi connectivity index (χ2n) is 7.24. The summed E-state index contributed by atoms with van der Waals surface area (Å²) in [6.07, 6.45) is 1.21. The molecule has 0 aliphatic carbocycles. The molecule has 0 radical (unpaired) electrons. The smallest absolute Gasteiger partial charge is 0.220 e. The molecule has 4 heteroatoms. The van der Waals surface area contributed by atoms with Gasteiger partial charge in [0.25, 0.3) is 0 Å². The van der Waals surface area contributed by atoms with Crippen LogP contribution in [0.5, 0.6) is 0 Å². The minimum atomic E-state index is 0.0415. The molecule has 0 saturated heterocycles. The molecular formula is C25H25N3O. The monoisotopic (exact) mass is 383 g/mol. The van der Waals surface area contributed by atoms with Gasteiger partial charge in [-0.3, -0.25) is 4.79 Å². The van der Waals surface area contributed by atoms with Crippen molar-refractivity contribution in [1.29, 1.82) is 0 Å². The first-order chi connectivity index (χ1) is 14.2. The van der Waals surface area contributed by atoms with Gasteiger partial charge in [0.15, 0.2) is 0 Å². The molecule has 1 heterocycles. The van der Waals surface area contributed by atoms with Gasteiger partial charge >= 0.3 is 0 Å². The Labute approximate surface area is 171 Å². The third-order valence-corrected chi connectivity index (χ3v) is 5.27. The number of aryl methyl sites for hydroxylation is 1. The molecule has 0 spiro atoms. The van der Waals surface area contributed by atoms with E-state index >= 15 is 0 Å². The number of fused-ring (bicyclic) bond motifs is 1. The van der Waals surface area contributed by atoms with Crippen molar-refractivity contribution in [2.45, 2.75) is 32.4 Å². The molecule has 1 unspecified atom stereocenters. The van der Waals surface area contributed by atoms with Crippen LogP contribution in [0.2, 0.25) is 0 Å². The number of rotatable bonds is 7. The lowest BCUT2D eigenvalue weighted by molar-refractivity contribution is -0.121. The number of amides is 1. The van der Waals surface area contributed by atoms with Gasteiger partial charge in [-0.25, -0.2) is 4.98 Å². The van der Waals surface area contributed by atoms with Crippen LogP contribution in [0.3, 0.4) is 0 Å². The van der Waals surface area contributed by atoms with E-state index in [0.29, 0.717) is 13.0 Å². The first kappa shape index (κ1) is 18.9. The molecule has 3 aromatic carbocycles. The van der Waals surface area contributed by atoms with Crippen LogP contribution in [0.4, 0.5) is 0 Å². The number of nitrogens with one attached hydrogen (secondary N) is 1. The Morgan fingerprint density at radius 1 is 0.931 bits per heavy atom. The van der Waals surface area contributed by atoms with Gasteiger partial charge in [0.1, 0.15) is 5.82 Å². The molecule has 0 aliphatic rings. The van der Waals surface area contributed by atoms with E-state index in [2.05, 4.69) is 47.1 Å². The molecule has 4 nitrogen and oxygen atoms in total. The van der Waals surface area contributed by atoms with Gasteiger partial charge in [-0.1, -0.05) is 72.8 Å². The molecular weight excluding hydrogens is 358 g/mol. The lowest BCUT2D eigenvalue weighted by Crippen LogP contribution is -2.25. The predicted molar refractivity (Wildman–Crippen MR) is 117 cm³/mol. The summed E-state index contributed by atoms with van der Waals surface area (Å²) in [7, 11) is 0. The lowest BCUT2D eigenvalue weighted by atomic mass is 10.1. The van der Waals surface area contributed by atoms with Crippen molar-refractivity contribution in [1.82, 2.24) is 14.9 Å². The maximum Gasteiger partial charge on any atom is 0.220 e. The third-order valence-electron chi connectivity index (χ3n) is 5.27. The van der Waals surface area contributed by atoms with Crippen LogP contribution in [-0.4, -0.2) is 15.5 Å². The summed E-state index contributed by atoms with van der Waals surface area (Å²) in [4.78, 5) is 17.2. The highest BCUT2D eigenvalue weighted by atomic mass is 16.1. The average molecular weight is 383 g/mol. The summed E-state index contributed by atoms with van der Waals surface area (Å²) in [5, 5.41) is 3.05. The number of hydrogen-bond donors (Lipinski definition) is 1. The highest BCUT2D eigenvalue weighted by molar-refractivity contribution is 5.78. The second-order valence-corrected chi connectivity index (χ2v) is 7.24. The quantitative estimate of drug-likeness (QED) is 0.494. The SMILES string of the molecule is CC(c1ccccc1)n1c(CNC(=O)CCc2ccccc2)nc2ccccc21. The van der Waals surface area contributed by atoms with Crippen LogP contribution in [0.15, 0.2) is 84.9 Å². The Morgan fingerprint density at radius 2 is 1.59 bits per heavy atom. The van der Waals surface area contributed by atoms with E-state index in [4.69, 9.17) is 4.98 Å². The van der Waals surface area contributed by atoms with Gasteiger partial charge in [0.05, 0.1) is 23.6 Å². The summed E-state index contributed by atoms with van der Waals surface area (Å²) < 4.78 is 2.22. The first-order valence-corrected chi connectivity index (χ1v) is 10.0. The van der Waals surface area contributed by atoms with Crippen LogP contribution >= 0.6 is 0 Å². The van der Waals surface area contributed by atoms with Gasteiger partial charge in [-0.05, 0) is 36.6 Å². The minimum absolute atomic E-state index is 0.0415. The molecule has 0 bridgehead atoms. The lowest BCUT2D eigenvalue weighted by Gasteiger charge is -2.18. The van der Waals surface area contributed by atoms with Gasteiger partial charge in [-0.15, -0.1) is 0 Å². The fourth-order valence-electron chi connectivity index (χ4n) is 3.70. The van der Waals surface area contributed by atoms with Crippen molar-refractivity contribution in [3.8, 4) is 0 Å². The molecule has 146 valence electrons. The van der Waals surface area contributed by atoms with Crippen LogP contribution in [0.1, 0.15) is 36.3 Å². The normalized spacial score (nSPS) is 12.0. The molecule has 1 amide bonds. The first-order valence-electron chi connectivity index (χ1n) is 10.0. The summed E-state index contributed by atoms with van der Waals surface area (Å²) in [5.41, 5.74) is 4.42. The molecule has 4 aromatic rings. The van der Waals surface area contributed by atoms with E-state index in [1.807, 2.05) is 54.6 Å². The van der Waals surface area contributed by atoms with E-state index in [1.165, 1.54) is 11.1 Å². The molecule has 1 N–H and O–H groups in total. The van der Waals surface area contributed by atoms with E-state index in [1.54, 1.807) is 0 Å². The van der Waals surface area contributed by atoms with Crippen molar-refractivity contribution in [2.24, 2.45) is 0 Å². The predicted octanol–water partition coefficient (Wildman–Crippen LogP) is 4.89. The highest BCUT2D eigenvalue weighted by Gasteiger charge is 2.17. The Bertz CT molecular complexity index is 1090. The Balaban J connectivity index is 1.52. The third kappa shape index (κ3) is 4.37. The number of para-hydroxylation sites is 2. The average Bonchev–Trinajstić information content (AvgIpc) is 3.15. The zero-order valence-electron chi connectivity index (χ0n) is 16.6. The van der Waals surface area contributed by atoms with Crippen LogP contribution in [-0.2, 0) is 17.8 Å². The maximum atomic E-state index is 12.4. The molecule has 0 saturated carbocycles. The van der Waals surface area contributed by atoms with E-state index in [9.17, 15) is 4.79 Å². The second kappa shape index (κ2) is 8.74. The van der Waals surface area contributed by atoms with Crippen LogP contribution in [0, 0.1) is 0 Å². The highest BCUT2D eigenvalue weighted by Crippen LogP contribution is 2.26. The summed E-state index contributed by atoms with van der Waals surface area (Å²) in [6, 6.07) is 28.7. The van der Waals surface area contributed by atoms with Gasteiger partial charge < -0.3 is 9.88 Å². The standard InChI is InChI=1S/C25H25N3O/c1-19(21-12-6-3-7-13-21)28-23-15-9-8-14-22(23)27-24(28)18-26-25(29)17-16-20-10-4-2-5-11-20/h2-15,19H,16-18H2,1H3,(H,26,29). The van der Waals surface area contributed by atoms with Crippen LogP contribution in [0.25, 0.3) is 11.0 Å². The molecule has 1 atom stereocenters. The maximum absolute atomic E-state index is 12.4. The van der Waals surface area contributed by atoms with Gasteiger partial charge in [0, 0.05) is 6.42 Å². The van der Waals surface area contributed by atoms with E-state index in [0.717, 1.165) is 23.3 Å². The number of carbonyl (C=O) groups is 1. The zero-order chi connectivity index (χ0) is 20.1. The Morgan fingerprint density at radius 3 is 2.34 bits per heavy atom. The van der Waals surface area contributed by atoms with E-state index in [-0.39, 0.29) is 11.9 Å². The minimum Gasteiger partial charge on any atom is -0.349 e. The van der Waals surface area contributed by atoms with E-state index < -0.39 is 0 Å². The molecule has 0 aliphatic heterocycles. The van der Waals surface area contributed by atoms with Gasteiger partial charge in [0.2, 0.25) is 5.91 Å². The summed E-state index contributed by atoms with van der Waals surface area (Å²) in [6.45, 7) is 2.59. The van der Waals surface area contributed by atoms with Crippen LogP contribution < -0.4 is 5.32 Å². The molecule has 0 fully saturated rings. The number of imidazole rings is 1. The van der Waals surface area contributed by atoms with Crippen molar-refractivity contribution in [2.75, 3.05) is 0 Å². The number of carbonyl (C=O) groups excluding carboxylic acids is 1. The van der Waals surface area contributed by atoms with Crippen molar-refractivity contribution < 1.29 is 4.79 Å². The van der Waals surface area contributed by atoms with Gasteiger partial charge in [-0.2, -0.15) is 0 Å². The van der Waals surface area contributed by atoms with Crippen molar-refractivity contribution in [3.63, 3.8) is 0 Å². The molecule has 1 aromatic heterocycles. The number of nitrogens with zero attached hydrogens (tertiary/aromatic N) is 2. The number of aromatic nitrogens is 2. The summed E-state index contributed by atoms with van der Waals surface area (Å²) >= 11 is 0. The Kier molecular flexibility index (Phi) is 5.71. The number of benzene rings is 3. The van der Waals surface area contributed by atoms with Crippen molar-refractivity contribution >= 4 is 16.9 Å². The summed E-state index contributed by atoms with van der Waals surface area (Å²) in [5.74, 6) is 0.912. The topological polar surface area (TPSA) is 46.9 Å².